The lowest BCUT2D eigenvalue weighted by atomic mass is 9.80. The van der Waals surface area contributed by atoms with E-state index in [1.54, 1.807) is 48.9 Å². The smallest absolute Gasteiger partial charge is 0.303 e. The zero-order chi connectivity index (χ0) is 64.0. The molecular weight excluding hydrogens is 1170 g/mol. The van der Waals surface area contributed by atoms with Crippen LogP contribution in [0, 0.1) is 0 Å². The summed E-state index contributed by atoms with van der Waals surface area (Å²) >= 11 is 0. The molecule has 5 aromatic carbocycles. The van der Waals surface area contributed by atoms with Crippen molar-refractivity contribution < 1.29 is 81.0 Å². The number of para-hydroxylation sites is 1. The first-order chi connectivity index (χ1) is 39.6. The highest BCUT2D eigenvalue weighted by Crippen LogP contribution is 2.48. The number of nitrogens with zero attached hydrogens (tertiary/aromatic N) is 3. The van der Waals surface area contributed by atoms with E-state index in [9.17, 15) is 61.5 Å². The van der Waals surface area contributed by atoms with Crippen molar-refractivity contribution in [3.8, 4) is 0 Å². The van der Waals surface area contributed by atoms with E-state index in [4.69, 9.17) is 5.11 Å². The Morgan fingerprint density at radius 3 is 1.61 bits per heavy atom. The second-order valence-corrected chi connectivity index (χ2v) is 26.9. The van der Waals surface area contributed by atoms with Gasteiger partial charge in [0.05, 0.1) is 69.7 Å². The largest absolute Gasteiger partial charge is 0.744 e. The quantitative estimate of drug-likeness (QED) is 0.0297. The summed E-state index contributed by atoms with van der Waals surface area (Å²) in [4.78, 5) is 25.7. The molecule has 3 N–H and O–H groups in total. The topological polar surface area (TPSA) is 301 Å². The predicted molar refractivity (Wildman–Crippen MR) is 326 cm³/mol. The molecule has 0 radical (unpaired) electrons. The van der Waals surface area contributed by atoms with Crippen LogP contribution in [0.25, 0.3) is 10.8 Å². The number of nitrogens with one attached hydrogen (secondary N) is 2. The standard InChI is InChI=1S/C28H32N2O6S.C21H19NO9S3.2C6H15N/c1-21(31)29(22-12-6-4-7-13-22)18-11-9-14-26-28(2,3)24-20-23(37(34,35)36)16-17-25(24)30(26)19-10-5-8-15-27(32)33;1-12-21(2,3)20-16-8-7-15(33(26,27)28)10-17(16)19(34(29,30)31)11-18(20)22(12)13-5-4-6-14(9-13)32(23,24)25;2*1-4-7(5-2)6-3/h4,6-7,9,11-14,16-18,20H,5,8,10,15,19H2,1-3H3,(H-,32,33,34,35,36);4-11H,1-3H3,(H2-,23,24,25,26,27,28,29,30,31);2*4-6H2,1-3H3. The predicted octanol–water partition coefficient (Wildman–Crippen LogP) is 6.74. The normalized spacial score (nSPS) is 14.7. The third kappa shape index (κ3) is 18.1. The van der Waals surface area contributed by atoms with Crippen LogP contribution in [0.4, 0.5) is 22.7 Å². The summed E-state index contributed by atoms with van der Waals surface area (Å²) in [6, 6.07) is 23.1. The molecular formula is C61H81N5O15S4. The number of aliphatic carboxylic acids is 1. The van der Waals surface area contributed by atoms with Crippen LogP contribution in [0.15, 0.2) is 141 Å². The Kier molecular flexibility index (Phi) is 25.0. The molecule has 0 fully saturated rings. The molecule has 1 amide bonds. The van der Waals surface area contributed by atoms with Crippen LogP contribution >= 0.6 is 0 Å². The van der Waals surface area contributed by atoms with Crippen molar-refractivity contribution in [2.45, 2.75) is 139 Å². The van der Waals surface area contributed by atoms with Gasteiger partial charge in [0, 0.05) is 85.4 Å². The number of carboxylic acid groups (broad SMARTS) is 1. The van der Waals surface area contributed by atoms with Crippen molar-refractivity contribution >= 4 is 97.3 Å². The Labute approximate surface area is 502 Å². The van der Waals surface area contributed by atoms with E-state index < -0.39 is 72.0 Å². The number of hydrogen-bond acceptors (Lipinski definition) is 14. The highest BCUT2D eigenvalue weighted by Gasteiger charge is 2.47. The summed E-state index contributed by atoms with van der Waals surface area (Å²) in [5, 5.41) is 8.91. The van der Waals surface area contributed by atoms with Gasteiger partial charge >= 0.3 is 5.97 Å². The van der Waals surface area contributed by atoms with Crippen LogP contribution < -0.4 is 19.3 Å². The van der Waals surface area contributed by atoms with E-state index >= 15 is 0 Å². The van der Waals surface area contributed by atoms with Gasteiger partial charge in [-0.25, -0.2) is 33.7 Å². The van der Waals surface area contributed by atoms with Gasteiger partial charge in [-0.15, -0.1) is 0 Å². The fraction of sp³-hybridized carbons (Fsp3) is 0.410. The summed E-state index contributed by atoms with van der Waals surface area (Å²) in [6.07, 6.45) is 9.34. The Bertz CT molecular complexity index is 3790. The van der Waals surface area contributed by atoms with Crippen LogP contribution in [0.3, 0.4) is 0 Å². The van der Waals surface area contributed by atoms with Crippen LogP contribution in [-0.2, 0) is 60.9 Å². The molecule has 7 rings (SSSR count). The molecule has 0 unspecified atom stereocenters. The molecule has 0 spiro atoms. The van der Waals surface area contributed by atoms with Gasteiger partial charge in [0.2, 0.25) is 23.0 Å². The minimum atomic E-state index is -5.13. The third-order valence-electron chi connectivity index (χ3n) is 15.5. The van der Waals surface area contributed by atoms with E-state index in [1.165, 1.54) is 86.0 Å². The molecule has 0 saturated heterocycles. The van der Waals surface area contributed by atoms with Gasteiger partial charge in [0.1, 0.15) is 47.0 Å². The van der Waals surface area contributed by atoms with E-state index in [0.29, 0.717) is 24.2 Å². The van der Waals surface area contributed by atoms with E-state index in [1.807, 2.05) is 56.3 Å². The Morgan fingerprint density at radius 1 is 0.588 bits per heavy atom. The van der Waals surface area contributed by atoms with Gasteiger partial charge in [0.25, 0.3) is 0 Å². The summed E-state index contributed by atoms with van der Waals surface area (Å²) in [5.74, 6) is -0.956. The number of hydrogen-bond donors (Lipinski definition) is 3. The number of carboxylic acids is 1. The average Bonchev–Trinajstić information content (AvgIpc) is 1.63. The molecule has 0 aromatic heterocycles. The second kappa shape index (κ2) is 29.9. The first-order valence-electron chi connectivity index (χ1n) is 28.1. The van der Waals surface area contributed by atoms with Gasteiger partial charge < -0.3 is 33.1 Å². The fourth-order valence-corrected chi connectivity index (χ4v) is 12.5. The van der Waals surface area contributed by atoms with Gasteiger partial charge in [-0.1, -0.05) is 36.4 Å². The lowest BCUT2D eigenvalue weighted by molar-refractivity contribution is -0.894. The van der Waals surface area contributed by atoms with Crippen molar-refractivity contribution in [3.05, 3.63) is 133 Å². The van der Waals surface area contributed by atoms with Gasteiger partial charge in [-0.3, -0.25) is 14.5 Å². The number of carbonyl (C=O) groups is 2. The molecule has 0 bridgehead atoms. The maximum atomic E-state index is 12.2. The molecule has 0 aliphatic carbocycles. The molecule has 2 aliphatic rings. The van der Waals surface area contributed by atoms with Crippen molar-refractivity contribution in [1.29, 1.82) is 0 Å². The number of rotatable bonds is 21. The van der Waals surface area contributed by atoms with Gasteiger partial charge in [0.15, 0.2) is 11.4 Å². The number of benzene rings is 5. The first kappa shape index (κ1) is 71.2. The van der Waals surface area contributed by atoms with Crippen LogP contribution in [0.5, 0.6) is 0 Å². The maximum Gasteiger partial charge on any atom is 0.303 e. The van der Waals surface area contributed by atoms with E-state index in [0.717, 1.165) is 65.8 Å². The Balaban J connectivity index is 0.000000298. The zero-order valence-corrected chi connectivity index (χ0v) is 53.7. The molecule has 2 heterocycles. The molecule has 20 nitrogen and oxygen atoms in total. The summed E-state index contributed by atoms with van der Waals surface area (Å²) < 4.78 is 144. The van der Waals surface area contributed by atoms with Crippen molar-refractivity contribution in [2.75, 3.05) is 50.7 Å². The van der Waals surface area contributed by atoms with Crippen molar-refractivity contribution in [2.24, 2.45) is 0 Å². The maximum absolute atomic E-state index is 12.2. The minimum absolute atomic E-state index is 0.113. The van der Waals surface area contributed by atoms with Crippen LogP contribution in [0.2, 0.25) is 0 Å². The van der Waals surface area contributed by atoms with Crippen molar-refractivity contribution in [3.63, 3.8) is 0 Å². The minimum Gasteiger partial charge on any atom is -0.744 e. The molecule has 0 saturated carbocycles. The second-order valence-electron chi connectivity index (χ2n) is 21.4. The molecule has 24 heteroatoms. The number of fused-ring (bicyclic) bond motifs is 4. The fourth-order valence-electron chi connectivity index (χ4n) is 10.3. The summed E-state index contributed by atoms with van der Waals surface area (Å²) in [6.45, 7) is 32.3. The van der Waals surface area contributed by atoms with Gasteiger partial charge in [-0.05, 0) is 136 Å². The number of allylic oxidation sites excluding steroid dienone is 3. The third-order valence-corrected chi connectivity index (χ3v) is 18.8. The van der Waals surface area contributed by atoms with E-state index in [2.05, 4.69) is 46.1 Å². The number of anilines is 1. The van der Waals surface area contributed by atoms with E-state index in [-0.39, 0.29) is 39.4 Å². The highest BCUT2D eigenvalue weighted by molar-refractivity contribution is 7.86. The summed E-state index contributed by atoms with van der Waals surface area (Å²) in [7, 11) is -19.5. The van der Waals surface area contributed by atoms with Crippen molar-refractivity contribution in [1.82, 2.24) is 4.58 Å². The lowest BCUT2D eigenvalue weighted by Crippen LogP contribution is -3.11. The zero-order valence-electron chi connectivity index (χ0n) is 50.5. The Morgan fingerprint density at radius 2 is 1.12 bits per heavy atom. The number of amides is 1. The summed E-state index contributed by atoms with van der Waals surface area (Å²) in [5.41, 5.74) is 3.42. The monoisotopic (exact) mass is 1250 g/mol. The van der Waals surface area contributed by atoms with Gasteiger partial charge in [-0.2, -0.15) is 9.15 Å². The lowest BCUT2D eigenvalue weighted by Gasteiger charge is -2.20. The molecule has 85 heavy (non-hydrogen) atoms. The molecule has 2 aliphatic heterocycles. The first-order valence-corrected chi connectivity index (χ1v) is 33.8. The van der Waals surface area contributed by atoms with Crippen LogP contribution in [0.1, 0.15) is 120 Å². The number of unbranched alkanes of at least 4 members (excludes halogenated alkanes) is 2. The Hall–Kier alpha value is -6.32. The molecule has 0 atom stereocenters. The number of carbonyl (C=O) groups excluding carboxylic acids is 1. The average molecular weight is 1250 g/mol. The van der Waals surface area contributed by atoms with Crippen LogP contribution in [-0.4, -0.2) is 131 Å². The molecule has 5 aromatic rings. The SMILES string of the molecule is CC(=O)N(/C=C/C=C/C1=[N+](CCCCCC(=O)O)c2ccc(S(=O)(=O)[O-])cc2C1(C)C)c1ccccc1.CC1=[N+](c2cccc(S(=O)(=O)[O-])c2)c2cc(S(=O)(=O)[O-])c3cc(S(=O)(=O)[O-])ccc3c2C1(C)C.CC[NH+](CC)CC.CC[NH+](CC)CC. The highest BCUT2D eigenvalue weighted by atomic mass is 32.2. The molecule has 464 valence electrons. The number of quaternary nitrogens is 2.